The Hall–Kier alpha value is -2.94. The van der Waals surface area contributed by atoms with E-state index in [0.29, 0.717) is 18.7 Å². The molecule has 0 spiro atoms. The number of benzene rings is 2. The maximum absolute atomic E-state index is 13.3. The van der Waals surface area contributed by atoms with E-state index in [9.17, 15) is 22.4 Å². The normalized spacial score (nSPS) is 12.1. The number of carbonyl (C=O) groups is 2. The summed E-state index contributed by atoms with van der Waals surface area (Å²) in [6, 6.07) is 12.4. The molecular weight excluding hydrogens is 469 g/mol. The molecule has 0 fully saturated rings. The first-order chi connectivity index (χ1) is 16.6. The van der Waals surface area contributed by atoms with Gasteiger partial charge in [-0.3, -0.25) is 13.9 Å². The van der Waals surface area contributed by atoms with Gasteiger partial charge in [-0.25, -0.2) is 12.8 Å². The second-order valence-electron chi connectivity index (χ2n) is 8.64. The summed E-state index contributed by atoms with van der Waals surface area (Å²) in [6.07, 6.45) is 2.64. The van der Waals surface area contributed by atoms with E-state index in [4.69, 9.17) is 0 Å². The molecule has 0 aromatic heterocycles. The second-order valence-corrected chi connectivity index (χ2v) is 10.5. The largest absolute Gasteiger partial charge is 0.354 e. The maximum atomic E-state index is 13.3. The third-order valence-corrected chi connectivity index (χ3v) is 6.87. The SMILES string of the molecule is CCCNC(=O)[C@H](CC)N(Cc1ccc(C)cc1)C(=O)CCCN(c1ccc(F)cc1)S(C)(=O)=O. The second kappa shape index (κ2) is 13.2. The van der Waals surface area contributed by atoms with Crippen LogP contribution in [0.25, 0.3) is 0 Å². The van der Waals surface area contributed by atoms with Crippen molar-refractivity contribution in [3.8, 4) is 0 Å². The predicted octanol–water partition coefficient (Wildman–Crippen LogP) is 4.01. The van der Waals surface area contributed by atoms with Gasteiger partial charge in [-0.15, -0.1) is 0 Å². The van der Waals surface area contributed by atoms with E-state index in [1.54, 1.807) is 4.90 Å². The van der Waals surface area contributed by atoms with Crippen molar-refractivity contribution in [2.75, 3.05) is 23.7 Å². The van der Waals surface area contributed by atoms with E-state index in [-0.39, 0.29) is 37.7 Å². The third-order valence-electron chi connectivity index (χ3n) is 5.68. The summed E-state index contributed by atoms with van der Waals surface area (Å²) >= 11 is 0. The first-order valence-corrected chi connectivity index (χ1v) is 13.8. The Balaban J connectivity index is 2.18. The molecule has 2 aromatic rings. The summed E-state index contributed by atoms with van der Waals surface area (Å²) in [5.41, 5.74) is 2.35. The van der Waals surface area contributed by atoms with Crippen LogP contribution in [-0.2, 0) is 26.2 Å². The van der Waals surface area contributed by atoms with Crippen molar-refractivity contribution in [2.45, 2.75) is 59.0 Å². The molecule has 2 aromatic carbocycles. The molecule has 7 nitrogen and oxygen atoms in total. The molecule has 192 valence electrons. The topological polar surface area (TPSA) is 86.8 Å². The molecule has 2 amide bonds. The average molecular weight is 506 g/mol. The molecule has 0 bridgehead atoms. The molecule has 0 saturated carbocycles. The number of carbonyl (C=O) groups excluding carboxylic acids is 2. The Kier molecular flexibility index (Phi) is 10.7. The lowest BCUT2D eigenvalue weighted by molar-refractivity contribution is -0.141. The maximum Gasteiger partial charge on any atom is 0.242 e. The van der Waals surface area contributed by atoms with Crippen molar-refractivity contribution in [3.63, 3.8) is 0 Å². The Labute approximate surface area is 208 Å². The number of amides is 2. The van der Waals surface area contributed by atoms with Gasteiger partial charge in [0, 0.05) is 26.1 Å². The van der Waals surface area contributed by atoms with Crippen molar-refractivity contribution < 1.29 is 22.4 Å². The lowest BCUT2D eigenvalue weighted by atomic mass is 10.1. The molecule has 1 atom stereocenters. The number of aryl methyl sites for hydroxylation is 1. The first-order valence-electron chi connectivity index (χ1n) is 11.9. The van der Waals surface area contributed by atoms with Crippen molar-refractivity contribution in [1.29, 1.82) is 0 Å². The van der Waals surface area contributed by atoms with Crippen molar-refractivity contribution in [2.24, 2.45) is 0 Å². The van der Waals surface area contributed by atoms with Crippen LogP contribution in [0.3, 0.4) is 0 Å². The fraction of sp³-hybridized carbons (Fsp3) is 0.462. The van der Waals surface area contributed by atoms with Crippen LogP contribution in [0.4, 0.5) is 10.1 Å². The molecule has 0 saturated heterocycles. The highest BCUT2D eigenvalue weighted by Crippen LogP contribution is 2.20. The van der Waals surface area contributed by atoms with Gasteiger partial charge in [-0.1, -0.05) is 43.7 Å². The summed E-state index contributed by atoms with van der Waals surface area (Å²) in [4.78, 5) is 27.7. The predicted molar refractivity (Wildman–Crippen MR) is 137 cm³/mol. The zero-order chi connectivity index (χ0) is 26.0. The molecular formula is C26H36FN3O4S. The van der Waals surface area contributed by atoms with Crippen LogP contribution in [-0.4, -0.2) is 50.5 Å². The van der Waals surface area contributed by atoms with Crippen LogP contribution < -0.4 is 9.62 Å². The van der Waals surface area contributed by atoms with Crippen LogP contribution in [0, 0.1) is 12.7 Å². The summed E-state index contributed by atoms with van der Waals surface area (Å²) in [5, 5.41) is 2.88. The Bertz CT molecular complexity index is 1070. The van der Waals surface area contributed by atoms with Crippen LogP contribution in [0.2, 0.25) is 0 Å². The molecule has 35 heavy (non-hydrogen) atoms. The van der Waals surface area contributed by atoms with Gasteiger partial charge in [-0.05, 0) is 56.0 Å². The lowest BCUT2D eigenvalue weighted by Gasteiger charge is -2.31. The van der Waals surface area contributed by atoms with Crippen molar-refractivity contribution in [3.05, 3.63) is 65.5 Å². The molecule has 0 heterocycles. The number of sulfonamides is 1. The van der Waals surface area contributed by atoms with Crippen LogP contribution in [0.1, 0.15) is 50.7 Å². The molecule has 0 aliphatic rings. The quantitative estimate of drug-likeness (QED) is 0.446. The molecule has 0 aliphatic carbocycles. The van der Waals surface area contributed by atoms with Crippen LogP contribution in [0.15, 0.2) is 48.5 Å². The van der Waals surface area contributed by atoms with Crippen LogP contribution in [0.5, 0.6) is 0 Å². The number of rotatable bonds is 13. The molecule has 9 heteroatoms. The smallest absolute Gasteiger partial charge is 0.242 e. The standard InChI is InChI=1S/C26H36FN3O4S/c1-5-17-28-26(32)24(6-2)29(19-21-11-9-20(3)10-12-21)25(31)8-7-18-30(35(4,33)34)23-15-13-22(27)14-16-23/h9-16,24H,5-8,17-19H2,1-4H3,(H,28,32)/t24-/m0/s1. The highest BCUT2D eigenvalue weighted by atomic mass is 32.2. The van der Waals surface area contributed by atoms with Crippen molar-refractivity contribution >= 4 is 27.5 Å². The first kappa shape index (κ1) is 28.3. The van der Waals surface area contributed by atoms with Crippen LogP contribution >= 0.6 is 0 Å². The Morgan fingerprint density at radius 2 is 1.66 bits per heavy atom. The Morgan fingerprint density at radius 1 is 1.03 bits per heavy atom. The lowest BCUT2D eigenvalue weighted by Crippen LogP contribution is -2.49. The van der Waals surface area contributed by atoms with E-state index in [1.807, 2.05) is 45.0 Å². The average Bonchev–Trinajstić information content (AvgIpc) is 2.81. The summed E-state index contributed by atoms with van der Waals surface area (Å²) < 4.78 is 39.1. The minimum absolute atomic E-state index is 0.0629. The van der Waals surface area contributed by atoms with Gasteiger partial charge in [0.25, 0.3) is 0 Å². The summed E-state index contributed by atoms with van der Waals surface area (Å²) in [5.74, 6) is -0.883. The number of halogens is 1. The number of nitrogens with one attached hydrogen (secondary N) is 1. The molecule has 2 rings (SSSR count). The van der Waals surface area contributed by atoms with E-state index >= 15 is 0 Å². The summed E-state index contributed by atoms with van der Waals surface area (Å²) in [7, 11) is -3.62. The highest BCUT2D eigenvalue weighted by Gasteiger charge is 2.28. The molecule has 0 unspecified atom stereocenters. The minimum atomic E-state index is -3.62. The zero-order valence-electron chi connectivity index (χ0n) is 21.0. The van der Waals surface area contributed by atoms with Crippen molar-refractivity contribution in [1.82, 2.24) is 10.2 Å². The Morgan fingerprint density at radius 3 is 2.20 bits per heavy atom. The summed E-state index contributed by atoms with van der Waals surface area (Å²) in [6.45, 7) is 6.69. The fourth-order valence-corrected chi connectivity index (χ4v) is 4.75. The highest BCUT2D eigenvalue weighted by molar-refractivity contribution is 7.92. The fourth-order valence-electron chi connectivity index (χ4n) is 3.79. The number of hydrogen-bond donors (Lipinski definition) is 1. The monoisotopic (exact) mass is 505 g/mol. The number of nitrogens with zero attached hydrogens (tertiary/aromatic N) is 2. The molecule has 1 N–H and O–H groups in total. The van der Waals surface area contributed by atoms with Gasteiger partial charge >= 0.3 is 0 Å². The minimum Gasteiger partial charge on any atom is -0.354 e. The van der Waals surface area contributed by atoms with E-state index in [2.05, 4.69) is 5.32 Å². The molecule has 0 aliphatic heterocycles. The van der Waals surface area contributed by atoms with Gasteiger partial charge in [0.1, 0.15) is 11.9 Å². The van der Waals surface area contributed by atoms with E-state index in [1.165, 1.54) is 24.3 Å². The van der Waals surface area contributed by atoms with Gasteiger partial charge in [0.15, 0.2) is 0 Å². The van der Waals surface area contributed by atoms with Gasteiger partial charge < -0.3 is 10.2 Å². The third kappa shape index (κ3) is 8.65. The zero-order valence-corrected chi connectivity index (χ0v) is 21.8. The van der Waals surface area contributed by atoms with Gasteiger partial charge in [-0.2, -0.15) is 0 Å². The van der Waals surface area contributed by atoms with Gasteiger partial charge in [0.2, 0.25) is 21.8 Å². The number of hydrogen-bond acceptors (Lipinski definition) is 4. The van der Waals surface area contributed by atoms with E-state index in [0.717, 1.165) is 28.1 Å². The molecule has 0 radical (unpaired) electrons. The van der Waals surface area contributed by atoms with E-state index < -0.39 is 21.9 Å². The number of anilines is 1. The van der Waals surface area contributed by atoms with Gasteiger partial charge in [0.05, 0.1) is 11.9 Å².